The Labute approximate surface area is 179 Å². The van der Waals surface area contributed by atoms with Crippen molar-refractivity contribution in [2.45, 2.75) is 50.4 Å². The molecule has 3 aliphatic rings. The average molecular weight is 428 g/mol. The molecule has 2 aliphatic heterocycles. The maximum Gasteiger partial charge on any atom is 0.411 e. The van der Waals surface area contributed by atoms with E-state index in [4.69, 9.17) is 14.2 Å². The number of rotatable bonds is 4. The minimum Gasteiger partial charge on any atom is -0.455 e. The monoisotopic (exact) mass is 428 g/mol. The quantitative estimate of drug-likeness (QED) is 0.193. The summed E-state index contributed by atoms with van der Waals surface area (Å²) in [5, 5.41) is 13.3. The van der Waals surface area contributed by atoms with Crippen LogP contribution in [0.1, 0.15) is 32.6 Å². The van der Waals surface area contributed by atoms with Crippen molar-refractivity contribution in [1.29, 1.82) is 0 Å². The van der Waals surface area contributed by atoms with E-state index >= 15 is 0 Å². The number of benzene rings is 1. The van der Waals surface area contributed by atoms with Crippen LogP contribution in [0.4, 0.5) is 16.2 Å². The van der Waals surface area contributed by atoms with Crippen LogP contribution in [-0.2, 0) is 19.0 Å². The van der Waals surface area contributed by atoms with Gasteiger partial charge in [0.1, 0.15) is 18.8 Å². The number of carbonyl (C=O) groups is 2. The molecule has 1 aromatic rings. The normalized spacial score (nSPS) is 29.7. The molecule has 0 unspecified atom stereocenters. The number of hydrogen-bond acceptors (Lipinski definition) is 7. The van der Waals surface area contributed by atoms with Gasteiger partial charge in [0.2, 0.25) is 0 Å². The second-order valence-corrected chi connectivity index (χ2v) is 8.30. The van der Waals surface area contributed by atoms with Crippen LogP contribution in [0.25, 0.3) is 0 Å². The third kappa shape index (κ3) is 4.46. The van der Waals surface area contributed by atoms with Gasteiger partial charge in [-0.25, -0.2) is 9.59 Å². The number of amides is 1. The summed E-state index contributed by atoms with van der Waals surface area (Å²) in [6, 6.07) is 5.50. The lowest BCUT2D eigenvalue weighted by molar-refractivity contribution is -0.384. The molecule has 1 aliphatic carbocycles. The molecule has 0 bridgehead atoms. The topological polar surface area (TPSA) is 120 Å². The Balaban J connectivity index is 1.36. The number of ether oxygens (including phenoxy) is 3. The van der Waals surface area contributed by atoms with E-state index in [2.05, 4.69) is 18.0 Å². The Kier molecular flexibility index (Phi) is 5.53. The molecule has 2 saturated heterocycles. The molecular weight excluding hydrogens is 404 g/mol. The van der Waals surface area contributed by atoms with E-state index in [1.165, 1.54) is 24.3 Å². The SMILES string of the molecule is C=C1C(=O)O[C@@H]2[C@H]3O[C@]3(C)CCC=C(COC(=O)Nc3ccc([N+](=O)[O-])cc3)CC[C@@H]12. The highest BCUT2D eigenvalue weighted by molar-refractivity contribution is 5.91. The summed E-state index contributed by atoms with van der Waals surface area (Å²) in [7, 11) is 0. The maximum atomic E-state index is 12.1. The van der Waals surface area contributed by atoms with Gasteiger partial charge in [-0.3, -0.25) is 15.4 Å². The minimum absolute atomic E-state index is 0.0598. The predicted molar refractivity (Wildman–Crippen MR) is 110 cm³/mol. The standard InChI is InChI=1S/C22H24N2O7/c1-13-17-10-5-14(4-3-11-22(2)19(31-22)18(17)30-20(13)25)12-29-21(26)23-15-6-8-16(9-7-15)24(27)28/h4,6-9,17-19H,1,3,5,10-12H2,2H3,(H,23,26)/t17-,18-,19+,22+/m0/s1. The van der Waals surface area contributed by atoms with E-state index in [1.807, 2.05) is 6.92 Å². The third-order valence-electron chi connectivity index (χ3n) is 6.15. The van der Waals surface area contributed by atoms with Crippen molar-refractivity contribution in [3.63, 3.8) is 0 Å². The fourth-order valence-electron chi connectivity index (χ4n) is 4.23. The molecule has 2 fully saturated rings. The van der Waals surface area contributed by atoms with Crippen LogP contribution < -0.4 is 5.32 Å². The maximum absolute atomic E-state index is 12.1. The summed E-state index contributed by atoms with van der Waals surface area (Å²) < 4.78 is 16.8. The molecule has 0 saturated carbocycles. The van der Waals surface area contributed by atoms with E-state index in [-0.39, 0.29) is 42.0 Å². The molecule has 9 heteroatoms. The molecule has 1 amide bonds. The van der Waals surface area contributed by atoms with Crippen LogP contribution in [0.5, 0.6) is 0 Å². The number of esters is 1. The van der Waals surface area contributed by atoms with E-state index in [0.29, 0.717) is 24.1 Å². The van der Waals surface area contributed by atoms with Gasteiger partial charge in [0.25, 0.3) is 5.69 Å². The average Bonchev–Trinajstić information content (AvgIpc) is 3.32. The number of epoxide rings is 1. The number of allylic oxidation sites excluding steroid dienone is 1. The number of nitro groups is 1. The number of nitrogens with one attached hydrogen (secondary N) is 1. The first-order valence-electron chi connectivity index (χ1n) is 10.2. The summed E-state index contributed by atoms with van der Waals surface area (Å²) in [6.45, 7) is 6.03. The Bertz CT molecular complexity index is 955. The van der Waals surface area contributed by atoms with Gasteiger partial charge >= 0.3 is 12.1 Å². The van der Waals surface area contributed by atoms with Gasteiger partial charge in [-0.2, -0.15) is 0 Å². The summed E-state index contributed by atoms with van der Waals surface area (Å²) in [4.78, 5) is 34.4. The predicted octanol–water partition coefficient (Wildman–Crippen LogP) is 3.90. The zero-order valence-electron chi connectivity index (χ0n) is 17.2. The lowest BCUT2D eigenvalue weighted by Gasteiger charge is -2.20. The largest absolute Gasteiger partial charge is 0.455 e. The van der Waals surface area contributed by atoms with Gasteiger partial charge < -0.3 is 14.2 Å². The van der Waals surface area contributed by atoms with Crippen LogP contribution in [0.2, 0.25) is 0 Å². The Hall–Kier alpha value is -3.20. The minimum atomic E-state index is -0.647. The summed E-state index contributed by atoms with van der Waals surface area (Å²) in [5.74, 6) is -0.480. The molecule has 0 aromatic heterocycles. The first-order valence-corrected chi connectivity index (χ1v) is 10.2. The van der Waals surface area contributed by atoms with Crippen LogP contribution >= 0.6 is 0 Å². The zero-order chi connectivity index (χ0) is 22.2. The summed E-state index contributed by atoms with van der Waals surface area (Å²) in [6.07, 6.45) is 3.85. The van der Waals surface area contributed by atoms with E-state index < -0.39 is 11.0 Å². The fourth-order valence-corrected chi connectivity index (χ4v) is 4.23. The number of non-ortho nitro benzene ring substituents is 1. The second kappa shape index (κ2) is 8.14. The molecule has 164 valence electrons. The third-order valence-corrected chi connectivity index (χ3v) is 6.15. The molecule has 2 heterocycles. The lowest BCUT2D eigenvalue weighted by Crippen LogP contribution is -2.29. The van der Waals surface area contributed by atoms with Crippen molar-refractivity contribution in [3.05, 3.63) is 58.2 Å². The van der Waals surface area contributed by atoms with E-state index in [0.717, 1.165) is 18.4 Å². The van der Waals surface area contributed by atoms with Gasteiger partial charge in [-0.1, -0.05) is 12.7 Å². The van der Waals surface area contributed by atoms with Crippen molar-refractivity contribution in [3.8, 4) is 0 Å². The molecule has 1 aromatic carbocycles. The number of carbonyl (C=O) groups excluding carboxylic acids is 2. The van der Waals surface area contributed by atoms with Crippen LogP contribution in [0.15, 0.2) is 48.1 Å². The molecule has 1 N–H and O–H groups in total. The lowest BCUT2D eigenvalue weighted by atomic mass is 9.84. The molecule has 9 nitrogen and oxygen atoms in total. The first-order chi connectivity index (χ1) is 14.8. The Morgan fingerprint density at radius 1 is 1.39 bits per heavy atom. The zero-order valence-corrected chi connectivity index (χ0v) is 17.2. The Morgan fingerprint density at radius 2 is 2.13 bits per heavy atom. The van der Waals surface area contributed by atoms with Crippen LogP contribution in [0, 0.1) is 16.0 Å². The van der Waals surface area contributed by atoms with Gasteiger partial charge in [0, 0.05) is 29.3 Å². The molecule has 4 atom stereocenters. The van der Waals surface area contributed by atoms with Gasteiger partial charge in [0.15, 0.2) is 0 Å². The summed E-state index contributed by atoms with van der Waals surface area (Å²) in [5.41, 5.74) is 1.45. The molecular formula is C22H24N2O7. The van der Waals surface area contributed by atoms with Crippen LogP contribution in [-0.4, -0.2) is 41.4 Å². The first kappa shape index (κ1) is 21.0. The highest BCUT2D eigenvalue weighted by Gasteiger charge is 2.61. The summed E-state index contributed by atoms with van der Waals surface area (Å²) >= 11 is 0. The van der Waals surface area contributed by atoms with Crippen molar-refractivity contribution < 1.29 is 28.7 Å². The van der Waals surface area contributed by atoms with Crippen LogP contribution in [0.3, 0.4) is 0 Å². The van der Waals surface area contributed by atoms with Gasteiger partial charge in [0.05, 0.1) is 10.5 Å². The highest BCUT2D eigenvalue weighted by Crippen LogP contribution is 2.49. The van der Waals surface area contributed by atoms with E-state index in [1.54, 1.807) is 0 Å². The number of hydrogen-bond donors (Lipinski definition) is 1. The molecule has 31 heavy (non-hydrogen) atoms. The van der Waals surface area contributed by atoms with Gasteiger partial charge in [-0.15, -0.1) is 0 Å². The number of nitro benzene ring substituents is 1. The number of anilines is 1. The number of nitrogens with zero attached hydrogens (tertiary/aromatic N) is 1. The van der Waals surface area contributed by atoms with Crippen molar-refractivity contribution in [2.24, 2.45) is 5.92 Å². The molecule has 0 radical (unpaired) electrons. The van der Waals surface area contributed by atoms with Crippen molar-refractivity contribution in [1.82, 2.24) is 0 Å². The second-order valence-electron chi connectivity index (χ2n) is 8.30. The highest BCUT2D eigenvalue weighted by atomic mass is 16.6. The molecule has 4 rings (SSSR count). The molecule has 0 spiro atoms. The van der Waals surface area contributed by atoms with E-state index in [9.17, 15) is 19.7 Å². The Morgan fingerprint density at radius 3 is 2.84 bits per heavy atom. The fraction of sp³-hybridized carbons (Fsp3) is 0.455. The van der Waals surface area contributed by atoms with Crippen molar-refractivity contribution in [2.75, 3.05) is 11.9 Å². The van der Waals surface area contributed by atoms with Crippen molar-refractivity contribution >= 4 is 23.4 Å². The van der Waals surface area contributed by atoms with Gasteiger partial charge in [-0.05, 0) is 50.3 Å². The number of fused-ring (bicyclic) bond motifs is 3. The smallest absolute Gasteiger partial charge is 0.411 e.